The van der Waals surface area contributed by atoms with Gasteiger partial charge in [0, 0.05) is 12.8 Å². The van der Waals surface area contributed by atoms with E-state index >= 15 is 0 Å². The standard InChI is InChI=1S/C39H64O4/c1-3-5-6-7-8-9-10-11-12-13-14-15-16-17-18-23-26-29-32-36-39(42)43-37(33-4-2)34-30-27-24-21-19-20-22-25-28-31-35-38(40)41/h5-6,8-9,11-12,14-15,17-18,26,29,37H,3-4,7,10,13,16,19-25,27-28,30-36H2,1-2H3,(H,40,41)/b6-5-,9-8-,12-11-,15-14-,18-17-,29-26-. The van der Waals surface area contributed by atoms with Crippen LogP contribution in [0.1, 0.15) is 155 Å². The largest absolute Gasteiger partial charge is 0.481 e. The number of rotatable bonds is 30. The maximum absolute atomic E-state index is 12.3. The Labute approximate surface area is 265 Å². The van der Waals surface area contributed by atoms with Gasteiger partial charge in [-0.2, -0.15) is 0 Å². The lowest BCUT2D eigenvalue weighted by Gasteiger charge is -2.17. The van der Waals surface area contributed by atoms with Crippen LogP contribution in [0, 0.1) is 0 Å². The molecule has 43 heavy (non-hydrogen) atoms. The Morgan fingerprint density at radius 2 is 0.953 bits per heavy atom. The highest BCUT2D eigenvalue weighted by Crippen LogP contribution is 2.16. The number of allylic oxidation sites excluding steroid dienone is 12. The van der Waals surface area contributed by atoms with Gasteiger partial charge >= 0.3 is 11.9 Å². The quantitative estimate of drug-likeness (QED) is 0.0509. The molecule has 0 bridgehead atoms. The van der Waals surface area contributed by atoms with Crippen molar-refractivity contribution in [2.75, 3.05) is 0 Å². The van der Waals surface area contributed by atoms with E-state index < -0.39 is 5.97 Å². The predicted octanol–water partition coefficient (Wildman–Crippen LogP) is 11.9. The van der Waals surface area contributed by atoms with E-state index in [-0.39, 0.29) is 12.1 Å². The molecular weight excluding hydrogens is 532 g/mol. The number of hydrogen-bond donors (Lipinski definition) is 1. The van der Waals surface area contributed by atoms with Crippen LogP contribution in [0.5, 0.6) is 0 Å². The summed E-state index contributed by atoms with van der Waals surface area (Å²) >= 11 is 0. The number of carboxylic acid groups (broad SMARTS) is 1. The van der Waals surface area contributed by atoms with Crippen molar-refractivity contribution in [3.05, 3.63) is 72.9 Å². The van der Waals surface area contributed by atoms with E-state index in [1.807, 2.05) is 0 Å². The van der Waals surface area contributed by atoms with E-state index in [1.54, 1.807) is 0 Å². The number of unbranched alkanes of at least 4 members (excludes halogenated alkanes) is 9. The second kappa shape index (κ2) is 33.9. The molecule has 0 spiro atoms. The second-order valence-corrected chi connectivity index (χ2v) is 11.3. The van der Waals surface area contributed by atoms with Crippen LogP contribution in [0.25, 0.3) is 0 Å². The monoisotopic (exact) mass is 596 g/mol. The van der Waals surface area contributed by atoms with Crippen LogP contribution in [0.2, 0.25) is 0 Å². The van der Waals surface area contributed by atoms with E-state index in [9.17, 15) is 9.59 Å². The van der Waals surface area contributed by atoms with Crippen LogP contribution in [0.15, 0.2) is 72.9 Å². The molecule has 1 unspecified atom stereocenters. The molecule has 0 aromatic heterocycles. The van der Waals surface area contributed by atoms with Crippen molar-refractivity contribution in [1.82, 2.24) is 0 Å². The Morgan fingerprint density at radius 1 is 0.535 bits per heavy atom. The molecule has 0 amide bonds. The average Bonchev–Trinajstić information content (AvgIpc) is 2.98. The van der Waals surface area contributed by atoms with Crippen LogP contribution >= 0.6 is 0 Å². The zero-order valence-electron chi connectivity index (χ0n) is 27.7. The first-order valence-electron chi connectivity index (χ1n) is 17.4. The number of ether oxygens (including phenoxy) is 1. The zero-order valence-corrected chi connectivity index (χ0v) is 27.7. The van der Waals surface area contributed by atoms with E-state index in [2.05, 4.69) is 86.8 Å². The van der Waals surface area contributed by atoms with Gasteiger partial charge in [0.05, 0.1) is 0 Å². The fourth-order valence-corrected chi connectivity index (χ4v) is 4.73. The number of aliphatic carboxylic acids is 1. The molecule has 0 aliphatic carbocycles. The Morgan fingerprint density at radius 3 is 1.40 bits per heavy atom. The Bertz CT molecular complexity index is 815. The van der Waals surface area contributed by atoms with Crippen molar-refractivity contribution in [2.45, 2.75) is 161 Å². The first-order valence-corrected chi connectivity index (χ1v) is 17.4. The van der Waals surface area contributed by atoms with Crippen molar-refractivity contribution in [1.29, 1.82) is 0 Å². The van der Waals surface area contributed by atoms with Gasteiger partial charge in [-0.25, -0.2) is 0 Å². The molecule has 1 atom stereocenters. The van der Waals surface area contributed by atoms with E-state index in [0.717, 1.165) is 89.9 Å². The average molecular weight is 597 g/mol. The maximum atomic E-state index is 12.3. The first-order chi connectivity index (χ1) is 21.1. The third-order valence-electron chi connectivity index (χ3n) is 7.19. The second-order valence-electron chi connectivity index (χ2n) is 11.3. The Hall–Kier alpha value is -2.62. The Kier molecular flexibility index (Phi) is 31.8. The van der Waals surface area contributed by atoms with Crippen molar-refractivity contribution in [2.24, 2.45) is 0 Å². The van der Waals surface area contributed by atoms with Gasteiger partial charge in [-0.3, -0.25) is 9.59 Å². The first kappa shape index (κ1) is 40.4. The van der Waals surface area contributed by atoms with Gasteiger partial charge in [-0.1, -0.05) is 145 Å². The van der Waals surface area contributed by atoms with Crippen LogP contribution in [-0.4, -0.2) is 23.1 Å². The number of esters is 1. The molecular formula is C39H64O4. The minimum atomic E-state index is -0.683. The van der Waals surface area contributed by atoms with Gasteiger partial charge in [-0.15, -0.1) is 0 Å². The highest BCUT2D eigenvalue weighted by Gasteiger charge is 2.13. The summed E-state index contributed by atoms with van der Waals surface area (Å²) in [6, 6.07) is 0. The molecule has 1 N–H and O–H groups in total. The van der Waals surface area contributed by atoms with Crippen LogP contribution in [0.4, 0.5) is 0 Å². The smallest absolute Gasteiger partial charge is 0.306 e. The summed E-state index contributed by atoms with van der Waals surface area (Å²) in [6.07, 6.45) is 48.3. The van der Waals surface area contributed by atoms with E-state index in [1.165, 1.54) is 38.5 Å². The summed E-state index contributed by atoms with van der Waals surface area (Å²) in [4.78, 5) is 22.8. The molecule has 0 aliphatic heterocycles. The summed E-state index contributed by atoms with van der Waals surface area (Å²) in [7, 11) is 0. The van der Waals surface area contributed by atoms with Gasteiger partial charge in [-0.05, 0) is 70.6 Å². The van der Waals surface area contributed by atoms with Crippen LogP contribution in [-0.2, 0) is 14.3 Å². The van der Waals surface area contributed by atoms with Gasteiger partial charge in [0.2, 0.25) is 0 Å². The van der Waals surface area contributed by atoms with Gasteiger partial charge < -0.3 is 9.84 Å². The fourth-order valence-electron chi connectivity index (χ4n) is 4.73. The molecule has 0 saturated carbocycles. The topological polar surface area (TPSA) is 63.6 Å². The molecule has 4 nitrogen and oxygen atoms in total. The van der Waals surface area contributed by atoms with Gasteiger partial charge in [0.1, 0.15) is 6.10 Å². The molecule has 0 aliphatic rings. The number of carboxylic acids is 1. The predicted molar refractivity (Wildman–Crippen MR) is 185 cm³/mol. The third kappa shape index (κ3) is 33.7. The molecule has 0 aromatic carbocycles. The van der Waals surface area contributed by atoms with Gasteiger partial charge in [0.25, 0.3) is 0 Å². The summed E-state index contributed by atoms with van der Waals surface area (Å²) in [6.45, 7) is 4.31. The molecule has 0 heterocycles. The normalized spacial score (nSPS) is 13.2. The maximum Gasteiger partial charge on any atom is 0.306 e. The number of carbonyl (C=O) groups excluding carboxylic acids is 1. The van der Waals surface area contributed by atoms with E-state index in [4.69, 9.17) is 9.84 Å². The molecule has 0 radical (unpaired) electrons. The minimum absolute atomic E-state index is 0.0635. The van der Waals surface area contributed by atoms with Crippen molar-refractivity contribution in [3.63, 3.8) is 0 Å². The fraction of sp³-hybridized carbons (Fsp3) is 0.641. The molecule has 0 aromatic rings. The summed E-state index contributed by atoms with van der Waals surface area (Å²) in [5, 5.41) is 8.66. The van der Waals surface area contributed by atoms with Crippen LogP contribution in [0.3, 0.4) is 0 Å². The van der Waals surface area contributed by atoms with Crippen molar-refractivity contribution >= 4 is 11.9 Å². The molecule has 4 heteroatoms. The van der Waals surface area contributed by atoms with Crippen LogP contribution < -0.4 is 0 Å². The highest BCUT2D eigenvalue weighted by atomic mass is 16.5. The van der Waals surface area contributed by atoms with E-state index in [0.29, 0.717) is 12.8 Å². The molecule has 244 valence electrons. The summed E-state index contributed by atoms with van der Waals surface area (Å²) < 4.78 is 5.79. The Balaban J connectivity index is 3.77. The zero-order chi connectivity index (χ0) is 31.5. The molecule has 0 rings (SSSR count). The van der Waals surface area contributed by atoms with Crippen molar-refractivity contribution < 1.29 is 19.4 Å². The molecule has 0 saturated heterocycles. The summed E-state index contributed by atoms with van der Waals surface area (Å²) in [5.74, 6) is -0.752. The SMILES string of the molecule is CC/C=C\C/C=C\C/C=C\C/C=C\C/C=C\C/C=C\CCC(=O)OC(CCC)CCCCCCCCCCCCC(=O)O. The minimum Gasteiger partial charge on any atom is -0.481 e. The number of hydrogen-bond acceptors (Lipinski definition) is 3. The number of carbonyl (C=O) groups is 2. The lowest BCUT2D eigenvalue weighted by molar-refractivity contribution is -0.149. The van der Waals surface area contributed by atoms with Crippen molar-refractivity contribution in [3.8, 4) is 0 Å². The summed E-state index contributed by atoms with van der Waals surface area (Å²) in [5.41, 5.74) is 0. The lowest BCUT2D eigenvalue weighted by atomic mass is 10.0. The highest BCUT2D eigenvalue weighted by molar-refractivity contribution is 5.69. The lowest BCUT2D eigenvalue weighted by Crippen LogP contribution is -2.18. The van der Waals surface area contributed by atoms with Gasteiger partial charge in [0.15, 0.2) is 0 Å². The molecule has 0 fully saturated rings. The third-order valence-corrected chi connectivity index (χ3v) is 7.19.